The van der Waals surface area contributed by atoms with Crippen molar-refractivity contribution >= 4 is 0 Å². The average molecular weight is 222 g/mol. The molecule has 2 rings (SSSR count). The van der Waals surface area contributed by atoms with Crippen LogP contribution in [0.3, 0.4) is 0 Å². The van der Waals surface area contributed by atoms with Crippen LogP contribution >= 0.6 is 0 Å². The summed E-state index contributed by atoms with van der Waals surface area (Å²) in [6.45, 7) is 11.9. The van der Waals surface area contributed by atoms with Gasteiger partial charge in [0.05, 0.1) is 6.54 Å². The number of nitrogens with zero attached hydrogens (tertiary/aromatic N) is 3. The lowest BCUT2D eigenvalue weighted by Crippen LogP contribution is -2.57. The summed E-state index contributed by atoms with van der Waals surface area (Å²) < 4.78 is 2.22. The molecular weight excluding hydrogens is 200 g/mol. The van der Waals surface area contributed by atoms with E-state index in [4.69, 9.17) is 0 Å². The van der Waals surface area contributed by atoms with E-state index in [1.54, 1.807) is 0 Å². The molecule has 1 aliphatic rings. The van der Waals surface area contributed by atoms with Gasteiger partial charge in [0.25, 0.3) is 0 Å². The van der Waals surface area contributed by atoms with Gasteiger partial charge in [0.2, 0.25) is 0 Å². The Hall–Kier alpha value is -0.870. The molecule has 2 heterocycles. The zero-order valence-electron chi connectivity index (χ0n) is 10.5. The predicted octanol–water partition coefficient (Wildman–Crippen LogP) is 1.09. The predicted molar refractivity (Wildman–Crippen MR) is 65.3 cm³/mol. The summed E-state index contributed by atoms with van der Waals surface area (Å²) in [7, 11) is 0. The van der Waals surface area contributed by atoms with Crippen LogP contribution in [0.15, 0.2) is 12.4 Å². The largest absolute Gasteiger partial charge is 0.334 e. The Morgan fingerprint density at radius 2 is 2.31 bits per heavy atom. The van der Waals surface area contributed by atoms with Crippen molar-refractivity contribution < 1.29 is 0 Å². The molecular formula is C12H22N4. The second-order valence-corrected chi connectivity index (χ2v) is 5.04. The first kappa shape index (κ1) is 11.6. The fourth-order valence-corrected chi connectivity index (χ4v) is 2.27. The highest BCUT2D eigenvalue weighted by atomic mass is 15.3. The van der Waals surface area contributed by atoms with Crippen LogP contribution in [0.25, 0.3) is 0 Å². The normalized spacial score (nSPS) is 21.2. The van der Waals surface area contributed by atoms with Gasteiger partial charge in [-0.25, -0.2) is 4.98 Å². The fraction of sp³-hybridized carbons (Fsp3) is 0.750. The summed E-state index contributed by atoms with van der Waals surface area (Å²) in [4.78, 5) is 6.96. The third-order valence-corrected chi connectivity index (χ3v) is 3.45. The molecule has 0 spiro atoms. The molecule has 0 aliphatic carbocycles. The van der Waals surface area contributed by atoms with Crippen molar-refractivity contribution in [2.45, 2.75) is 39.4 Å². The maximum Gasteiger partial charge on any atom is 0.122 e. The average Bonchev–Trinajstić information content (AvgIpc) is 2.68. The quantitative estimate of drug-likeness (QED) is 0.831. The molecule has 1 aliphatic heterocycles. The van der Waals surface area contributed by atoms with Crippen LogP contribution in [-0.4, -0.2) is 39.6 Å². The molecule has 90 valence electrons. The molecule has 1 N–H and O–H groups in total. The van der Waals surface area contributed by atoms with Crippen molar-refractivity contribution in [1.29, 1.82) is 0 Å². The Bertz CT molecular complexity index is 343. The molecule has 16 heavy (non-hydrogen) atoms. The van der Waals surface area contributed by atoms with Crippen LogP contribution in [0.1, 0.15) is 26.6 Å². The number of hydrogen-bond acceptors (Lipinski definition) is 3. The number of rotatable bonds is 3. The molecule has 4 nitrogen and oxygen atoms in total. The summed E-state index contributed by atoms with van der Waals surface area (Å²) in [5.41, 5.74) is 0.225. The molecule has 0 bridgehead atoms. The van der Waals surface area contributed by atoms with Gasteiger partial charge in [-0.3, -0.25) is 4.90 Å². The number of hydrogen-bond donors (Lipinski definition) is 1. The molecule has 1 saturated heterocycles. The highest BCUT2D eigenvalue weighted by molar-refractivity contribution is 4.96. The van der Waals surface area contributed by atoms with Crippen LogP contribution < -0.4 is 5.32 Å². The molecule has 0 aromatic carbocycles. The van der Waals surface area contributed by atoms with E-state index in [1.165, 1.54) is 5.82 Å². The SMILES string of the molecule is CCn1ccnc1CN1CCNCC1(C)C. The second kappa shape index (κ2) is 4.55. The van der Waals surface area contributed by atoms with E-state index in [0.29, 0.717) is 0 Å². The number of nitrogens with one attached hydrogen (secondary N) is 1. The van der Waals surface area contributed by atoms with Crippen LogP contribution in [0.2, 0.25) is 0 Å². The van der Waals surface area contributed by atoms with Gasteiger partial charge in [-0.05, 0) is 20.8 Å². The van der Waals surface area contributed by atoms with Crippen molar-refractivity contribution in [3.8, 4) is 0 Å². The molecule has 1 aromatic rings. The highest BCUT2D eigenvalue weighted by Crippen LogP contribution is 2.18. The van der Waals surface area contributed by atoms with E-state index in [9.17, 15) is 0 Å². The first-order chi connectivity index (χ1) is 7.63. The standard InChI is InChI=1S/C12H22N4/c1-4-15-7-6-14-11(15)9-16-8-5-13-10-12(16,2)3/h6-7,13H,4-5,8-10H2,1-3H3. The highest BCUT2D eigenvalue weighted by Gasteiger charge is 2.30. The molecule has 0 saturated carbocycles. The van der Waals surface area contributed by atoms with Gasteiger partial charge < -0.3 is 9.88 Å². The monoisotopic (exact) mass is 222 g/mol. The van der Waals surface area contributed by atoms with Gasteiger partial charge in [0.15, 0.2) is 0 Å². The Balaban J connectivity index is 2.08. The fourth-order valence-electron chi connectivity index (χ4n) is 2.27. The van der Waals surface area contributed by atoms with E-state index in [2.05, 4.69) is 46.7 Å². The van der Waals surface area contributed by atoms with Gasteiger partial charge in [-0.15, -0.1) is 0 Å². The first-order valence-electron chi connectivity index (χ1n) is 6.09. The smallest absolute Gasteiger partial charge is 0.122 e. The van der Waals surface area contributed by atoms with Crippen LogP contribution in [-0.2, 0) is 13.1 Å². The molecule has 4 heteroatoms. The summed E-state index contributed by atoms with van der Waals surface area (Å²) in [6, 6.07) is 0. The van der Waals surface area contributed by atoms with E-state index < -0.39 is 0 Å². The maximum atomic E-state index is 4.45. The summed E-state index contributed by atoms with van der Waals surface area (Å²) >= 11 is 0. The lowest BCUT2D eigenvalue weighted by atomic mass is 10.0. The summed E-state index contributed by atoms with van der Waals surface area (Å²) in [5, 5.41) is 3.44. The molecule has 0 atom stereocenters. The van der Waals surface area contributed by atoms with Gasteiger partial charge in [0, 0.05) is 44.1 Å². The van der Waals surface area contributed by atoms with Crippen LogP contribution in [0, 0.1) is 0 Å². The zero-order chi connectivity index (χ0) is 11.6. The van der Waals surface area contributed by atoms with Gasteiger partial charge in [-0.1, -0.05) is 0 Å². The molecule has 0 radical (unpaired) electrons. The van der Waals surface area contributed by atoms with Gasteiger partial charge in [-0.2, -0.15) is 0 Å². The van der Waals surface area contributed by atoms with E-state index in [1.807, 2.05) is 6.20 Å². The van der Waals surface area contributed by atoms with E-state index in [0.717, 1.165) is 32.7 Å². The zero-order valence-corrected chi connectivity index (χ0v) is 10.5. The minimum Gasteiger partial charge on any atom is -0.334 e. The third kappa shape index (κ3) is 2.28. The molecule has 1 aromatic heterocycles. The Labute approximate surface area is 97.7 Å². The number of aryl methyl sites for hydroxylation is 1. The molecule has 0 unspecified atom stereocenters. The minimum absolute atomic E-state index is 0.225. The van der Waals surface area contributed by atoms with Crippen molar-refractivity contribution in [2.24, 2.45) is 0 Å². The topological polar surface area (TPSA) is 33.1 Å². The van der Waals surface area contributed by atoms with Crippen molar-refractivity contribution in [1.82, 2.24) is 19.8 Å². The second-order valence-electron chi connectivity index (χ2n) is 5.04. The number of aromatic nitrogens is 2. The molecule has 0 amide bonds. The van der Waals surface area contributed by atoms with Crippen molar-refractivity contribution in [2.75, 3.05) is 19.6 Å². The van der Waals surface area contributed by atoms with Crippen molar-refractivity contribution in [3.63, 3.8) is 0 Å². The van der Waals surface area contributed by atoms with Crippen molar-refractivity contribution in [3.05, 3.63) is 18.2 Å². The van der Waals surface area contributed by atoms with Crippen LogP contribution in [0.4, 0.5) is 0 Å². The Kier molecular flexibility index (Phi) is 3.30. The molecule has 1 fully saturated rings. The van der Waals surface area contributed by atoms with Crippen LogP contribution in [0.5, 0.6) is 0 Å². The Morgan fingerprint density at radius 3 is 3.00 bits per heavy atom. The number of piperazine rings is 1. The minimum atomic E-state index is 0.225. The van der Waals surface area contributed by atoms with E-state index in [-0.39, 0.29) is 5.54 Å². The maximum absolute atomic E-state index is 4.45. The summed E-state index contributed by atoms with van der Waals surface area (Å²) in [6.07, 6.45) is 3.96. The van der Waals surface area contributed by atoms with Gasteiger partial charge in [0.1, 0.15) is 5.82 Å². The first-order valence-corrected chi connectivity index (χ1v) is 6.09. The third-order valence-electron chi connectivity index (χ3n) is 3.45. The van der Waals surface area contributed by atoms with E-state index >= 15 is 0 Å². The lowest BCUT2D eigenvalue weighted by molar-refractivity contribution is 0.0788. The summed E-state index contributed by atoms with van der Waals surface area (Å²) in [5.74, 6) is 1.18. The van der Waals surface area contributed by atoms with Gasteiger partial charge >= 0.3 is 0 Å². The lowest BCUT2D eigenvalue weighted by Gasteiger charge is -2.42. The number of imidazole rings is 1. The Morgan fingerprint density at radius 1 is 1.50 bits per heavy atom.